The van der Waals surface area contributed by atoms with Crippen molar-refractivity contribution >= 4 is 16.6 Å². The normalized spacial score (nSPS) is 21.4. The first-order valence-corrected chi connectivity index (χ1v) is 6.39. The van der Waals surface area contributed by atoms with Crippen LogP contribution in [0.3, 0.4) is 0 Å². The van der Waals surface area contributed by atoms with Crippen molar-refractivity contribution in [2.75, 3.05) is 31.6 Å². The number of rotatable bonds is 1. The first kappa shape index (κ1) is 11.4. The largest absolute Gasteiger partial charge is 0.366 e. The van der Waals surface area contributed by atoms with Crippen LogP contribution in [0.5, 0.6) is 0 Å². The van der Waals surface area contributed by atoms with Gasteiger partial charge < -0.3 is 9.80 Å². The first-order chi connectivity index (χ1) is 8.74. The van der Waals surface area contributed by atoms with Gasteiger partial charge >= 0.3 is 0 Å². The SMILES string of the molecule is CC1CN(C)CCN1c1ccc2ncncc2c1. The smallest absolute Gasteiger partial charge is 0.116 e. The maximum atomic E-state index is 4.26. The molecule has 1 saturated heterocycles. The predicted molar refractivity (Wildman–Crippen MR) is 73.8 cm³/mol. The first-order valence-electron chi connectivity index (χ1n) is 6.39. The second-order valence-electron chi connectivity index (χ2n) is 5.07. The molecule has 1 aliphatic rings. The van der Waals surface area contributed by atoms with E-state index in [-0.39, 0.29) is 0 Å². The fourth-order valence-corrected chi connectivity index (χ4v) is 2.67. The van der Waals surface area contributed by atoms with Gasteiger partial charge in [-0.15, -0.1) is 0 Å². The third kappa shape index (κ3) is 2.04. The van der Waals surface area contributed by atoms with E-state index in [1.165, 1.54) is 5.69 Å². The van der Waals surface area contributed by atoms with Crippen molar-refractivity contribution in [3.63, 3.8) is 0 Å². The maximum absolute atomic E-state index is 4.26. The fourth-order valence-electron chi connectivity index (χ4n) is 2.67. The summed E-state index contributed by atoms with van der Waals surface area (Å²) in [6, 6.07) is 6.98. The molecule has 0 radical (unpaired) electrons. The molecule has 0 aliphatic carbocycles. The second-order valence-corrected chi connectivity index (χ2v) is 5.07. The topological polar surface area (TPSA) is 32.3 Å². The van der Waals surface area contributed by atoms with E-state index in [1.54, 1.807) is 6.33 Å². The molecule has 18 heavy (non-hydrogen) atoms. The fraction of sp³-hybridized carbons (Fsp3) is 0.429. The Morgan fingerprint density at radius 1 is 1.28 bits per heavy atom. The Balaban J connectivity index is 1.94. The van der Waals surface area contributed by atoms with E-state index < -0.39 is 0 Å². The lowest BCUT2D eigenvalue weighted by atomic mass is 10.1. The predicted octanol–water partition coefficient (Wildman–Crippen LogP) is 1.77. The maximum Gasteiger partial charge on any atom is 0.116 e. The van der Waals surface area contributed by atoms with Crippen molar-refractivity contribution in [1.82, 2.24) is 14.9 Å². The molecule has 0 amide bonds. The van der Waals surface area contributed by atoms with Crippen LogP contribution < -0.4 is 4.90 Å². The van der Waals surface area contributed by atoms with E-state index in [0.717, 1.165) is 30.5 Å². The Bertz CT molecular complexity index is 554. The summed E-state index contributed by atoms with van der Waals surface area (Å²) in [5.41, 5.74) is 2.29. The molecule has 2 heterocycles. The molecule has 1 fully saturated rings. The average molecular weight is 242 g/mol. The van der Waals surface area contributed by atoms with Crippen LogP contribution in [0.4, 0.5) is 5.69 Å². The average Bonchev–Trinajstić information content (AvgIpc) is 2.38. The molecule has 2 aromatic rings. The zero-order valence-corrected chi connectivity index (χ0v) is 10.9. The molecular weight excluding hydrogens is 224 g/mol. The van der Waals surface area contributed by atoms with Gasteiger partial charge in [0.25, 0.3) is 0 Å². The lowest BCUT2D eigenvalue weighted by Gasteiger charge is -2.39. The number of benzene rings is 1. The number of fused-ring (bicyclic) bond motifs is 1. The molecule has 1 aliphatic heterocycles. The van der Waals surface area contributed by atoms with Crippen molar-refractivity contribution in [2.45, 2.75) is 13.0 Å². The Hall–Kier alpha value is -1.68. The molecule has 4 heteroatoms. The lowest BCUT2D eigenvalue weighted by Crippen LogP contribution is -2.50. The van der Waals surface area contributed by atoms with Crippen molar-refractivity contribution in [1.29, 1.82) is 0 Å². The molecule has 0 saturated carbocycles. The zero-order chi connectivity index (χ0) is 12.5. The van der Waals surface area contributed by atoms with Crippen LogP contribution in [0.2, 0.25) is 0 Å². The highest BCUT2D eigenvalue weighted by atomic mass is 15.3. The van der Waals surface area contributed by atoms with Crippen molar-refractivity contribution in [3.05, 3.63) is 30.7 Å². The molecule has 1 atom stereocenters. The van der Waals surface area contributed by atoms with E-state index in [1.807, 2.05) is 6.20 Å². The Kier molecular flexibility index (Phi) is 2.88. The monoisotopic (exact) mass is 242 g/mol. The lowest BCUT2D eigenvalue weighted by molar-refractivity contribution is 0.275. The molecule has 94 valence electrons. The van der Waals surface area contributed by atoms with E-state index >= 15 is 0 Å². The van der Waals surface area contributed by atoms with Gasteiger partial charge in [-0.1, -0.05) is 0 Å². The molecule has 3 rings (SSSR count). The van der Waals surface area contributed by atoms with Gasteiger partial charge in [-0.05, 0) is 32.2 Å². The number of piperazine rings is 1. The summed E-state index contributed by atoms with van der Waals surface area (Å²) in [5.74, 6) is 0. The van der Waals surface area contributed by atoms with Crippen LogP contribution in [0.1, 0.15) is 6.92 Å². The van der Waals surface area contributed by atoms with E-state index in [0.29, 0.717) is 6.04 Å². The highest BCUT2D eigenvalue weighted by Crippen LogP contribution is 2.23. The van der Waals surface area contributed by atoms with Crippen LogP contribution in [-0.4, -0.2) is 47.6 Å². The van der Waals surface area contributed by atoms with Gasteiger partial charge in [0.1, 0.15) is 6.33 Å². The van der Waals surface area contributed by atoms with Gasteiger partial charge in [0.15, 0.2) is 0 Å². The molecular formula is C14H18N4. The van der Waals surface area contributed by atoms with Crippen molar-refractivity contribution < 1.29 is 0 Å². The summed E-state index contributed by atoms with van der Waals surface area (Å²) >= 11 is 0. The molecule has 0 bridgehead atoms. The molecule has 0 spiro atoms. The van der Waals surface area contributed by atoms with E-state index in [2.05, 4.69) is 51.9 Å². The van der Waals surface area contributed by atoms with Crippen molar-refractivity contribution in [3.8, 4) is 0 Å². The summed E-state index contributed by atoms with van der Waals surface area (Å²) in [6.07, 6.45) is 3.48. The van der Waals surface area contributed by atoms with Gasteiger partial charge in [-0.2, -0.15) is 0 Å². The highest BCUT2D eigenvalue weighted by Gasteiger charge is 2.21. The van der Waals surface area contributed by atoms with Gasteiger partial charge in [0.2, 0.25) is 0 Å². The molecule has 1 unspecified atom stereocenters. The number of aromatic nitrogens is 2. The van der Waals surface area contributed by atoms with Crippen molar-refractivity contribution in [2.24, 2.45) is 0 Å². The highest BCUT2D eigenvalue weighted by molar-refractivity contribution is 5.81. The minimum absolute atomic E-state index is 0.547. The molecule has 1 aromatic heterocycles. The standard InChI is InChI=1S/C14H18N4/c1-11-9-17(2)5-6-18(11)13-3-4-14-12(7-13)8-15-10-16-14/h3-4,7-8,10-11H,5-6,9H2,1-2H3. The Morgan fingerprint density at radius 3 is 3.00 bits per heavy atom. The van der Waals surface area contributed by atoms with Crippen LogP contribution in [0, 0.1) is 0 Å². The quantitative estimate of drug-likeness (QED) is 0.763. The number of hydrogen-bond acceptors (Lipinski definition) is 4. The van der Waals surface area contributed by atoms with E-state index in [9.17, 15) is 0 Å². The molecule has 4 nitrogen and oxygen atoms in total. The third-order valence-corrected chi connectivity index (χ3v) is 3.65. The van der Waals surface area contributed by atoms with Gasteiger partial charge in [-0.25, -0.2) is 9.97 Å². The summed E-state index contributed by atoms with van der Waals surface area (Å²) < 4.78 is 0. The van der Waals surface area contributed by atoms with E-state index in [4.69, 9.17) is 0 Å². The summed E-state index contributed by atoms with van der Waals surface area (Å²) in [5, 5.41) is 1.11. The molecule has 1 aromatic carbocycles. The third-order valence-electron chi connectivity index (χ3n) is 3.65. The molecule has 0 N–H and O–H groups in total. The Morgan fingerprint density at radius 2 is 2.17 bits per heavy atom. The van der Waals surface area contributed by atoms with Gasteiger partial charge in [0, 0.05) is 42.9 Å². The number of hydrogen-bond donors (Lipinski definition) is 0. The second kappa shape index (κ2) is 4.53. The Labute approximate surface area is 107 Å². The number of anilines is 1. The minimum Gasteiger partial charge on any atom is -0.366 e. The van der Waals surface area contributed by atoms with Crippen LogP contribution in [0.15, 0.2) is 30.7 Å². The zero-order valence-electron chi connectivity index (χ0n) is 10.9. The number of nitrogens with zero attached hydrogens (tertiary/aromatic N) is 4. The minimum atomic E-state index is 0.547. The van der Waals surface area contributed by atoms with Gasteiger partial charge in [-0.3, -0.25) is 0 Å². The van der Waals surface area contributed by atoms with Crippen LogP contribution in [-0.2, 0) is 0 Å². The van der Waals surface area contributed by atoms with Crippen LogP contribution >= 0.6 is 0 Å². The number of likely N-dealkylation sites (N-methyl/N-ethyl adjacent to an activating group) is 1. The van der Waals surface area contributed by atoms with Crippen LogP contribution in [0.25, 0.3) is 10.9 Å². The summed E-state index contributed by atoms with van der Waals surface area (Å²) in [4.78, 5) is 13.2. The van der Waals surface area contributed by atoms with Gasteiger partial charge in [0.05, 0.1) is 5.52 Å². The summed E-state index contributed by atoms with van der Waals surface area (Å²) in [6.45, 7) is 5.59. The summed E-state index contributed by atoms with van der Waals surface area (Å²) in [7, 11) is 2.18.